The molecule has 0 bridgehead atoms. The summed E-state index contributed by atoms with van der Waals surface area (Å²) >= 11 is 0. The predicted molar refractivity (Wildman–Crippen MR) is 112 cm³/mol. The fraction of sp³-hybridized carbons (Fsp3) is 0.600. The lowest BCUT2D eigenvalue weighted by Crippen LogP contribution is -2.47. The maximum Gasteiger partial charge on any atom is 0.310 e. The Morgan fingerprint density at radius 3 is 2.66 bits per heavy atom. The van der Waals surface area contributed by atoms with E-state index in [-0.39, 0.29) is 17.4 Å². The summed E-state index contributed by atoms with van der Waals surface area (Å²) in [6.07, 6.45) is 14.0. The zero-order valence-corrected chi connectivity index (χ0v) is 17.4. The minimum atomic E-state index is -0.812. The molecule has 0 heterocycles. The monoisotopic (exact) mass is 397 g/mol. The Balaban J connectivity index is 1.84. The number of halogens is 1. The van der Waals surface area contributed by atoms with Crippen molar-refractivity contribution in [3.8, 4) is 6.07 Å². The highest BCUT2D eigenvalue weighted by molar-refractivity contribution is 5.77. The number of allylic oxidation sites excluding steroid dienone is 2. The number of benzene rings is 1. The molecule has 2 aliphatic carbocycles. The Morgan fingerprint density at radius 1 is 1.28 bits per heavy atom. The molecule has 4 heteroatoms. The first-order valence-electron chi connectivity index (χ1n) is 11.1. The molecule has 156 valence electrons. The summed E-state index contributed by atoms with van der Waals surface area (Å²) in [6.45, 7) is 2.04. The third kappa shape index (κ3) is 4.39. The van der Waals surface area contributed by atoms with Gasteiger partial charge in [0, 0.05) is 5.92 Å². The summed E-state index contributed by atoms with van der Waals surface area (Å²) < 4.78 is 14.3. The van der Waals surface area contributed by atoms with E-state index < -0.39 is 17.2 Å². The second kappa shape index (κ2) is 9.57. The zero-order valence-electron chi connectivity index (χ0n) is 17.4. The van der Waals surface area contributed by atoms with Crippen LogP contribution in [-0.4, -0.2) is 11.1 Å². The number of aliphatic carboxylic acids is 1. The van der Waals surface area contributed by atoms with E-state index in [4.69, 9.17) is 5.26 Å². The average molecular weight is 398 g/mol. The van der Waals surface area contributed by atoms with E-state index >= 15 is 0 Å². The van der Waals surface area contributed by atoms with Gasteiger partial charge in [0.15, 0.2) is 0 Å². The van der Waals surface area contributed by atoms with Crippen molar-refractivity contribution in [2.45, 2.75) is 77.0 Å². The highest BCUT2D eigenvalue weighted by Crippen LogP contribution is 2.56. The quantitative estimate of drug-likeness (QED) is 0.551. The van der Waals surface area contributed by atoms with E-state index in [0.717, 1.165) is 56.9 Å². The fourth-order valence-electron chi connectivity index (χ4n) is 5.88. The molecule has 1 unspecified atom stereocenters. The van der Waals surface area contributed by atoms with Crippen molar-refractivity contribution in [2.24, 2.45) is 17.3 Å². The minimum Gasteiger partial charge on any atom is -0.481 e. The lowest BCUT2D eigenvalue weighted by molar-refractivity contribution is -0.159. The second-order valence-corrected chi connectivity index (χ2v) is 8.86. The van der Waals surface area contributed by atoms with Crippen molar-refractivity contribution in [3.05, 3.63) is 47.3 Å². The number of carbonyl (C=O) groups is 1. The van der Waals surface area contributed by atoms with E-state index in [1.54, 1.807) is 6.07 Å². The van der Waals surface area contributed by atoms with Crippen LogP contribution in [-0.2, 0) is 4.79 Å². The minimum absolute atomic E-state index is 0.0205. The molecule has 2 aliphatic rings. The lowest BCUT2D eigenvalue weighted by Gasteiger charge is -2.48. The van der Waals surface area contributed by atoms with Crippen LogP contribution in [0.4, 0.5) is 4.39 Å². The molecule has 0 aromatic heterocycles. The topological polar surface area (TPSA) is 61.1 Å². The Hall–Kier alpha value is -2.15. The second-order valence-electron chi connectivity index (χ2n) is 8.86. The summed E-state index contributed by atoms with van der Waals surface area (Å²) in [5.41, 5.74) is -0.0430. The Labute approximate surface area is 173 Å². The molecule has 0 spiro atoms. The summed E-state index contributed by atoms with van der Waals surface area (Å²) in [5, 5.41) is 19.5. The van der Waals surface area contributed by atoms with Crippen LogP contribution >= 0.6 is 0 Å². The number of carboxylic acids is 1. The number of rotatable bonds is 6. The number of hydrogen-bond acceptors (Lipinski definition) is 2. The van der Waals surface area contributed by atoms with Gasteiger partial charge in [-0.3, -0.25) is 4.79 Å². The first-order chi connectivity index (χ1) is 14.0. The molecular formula is C25H32FNO2. The molecule has 2 saturated carbocycles. The van der Waals surface area contributed by atoms with Crippen LogP contribution in [0, 0.1) is 34.4 Å². The van der Waals surface area contributed by atoms with Crippen molar-refractivity contribution < 1.29 is 14.3 Å². The smallest absolute Gasteiger partial charge is 0.310 e. The van der Waals surface area contributed by atoms with Gasteiger partial charge < -0.3 is 5.11 Å². The Bertz CT molecular complexity index is 789. The van der Waals surface area contributed by atoms with E-state index in [1.807, 2.05) is 13.0 Å². The van der Waals surface area contributed by atoms with Gasteiger partial charge in [0.05, 0.1) is 11.0 Å². The van der Waals surface area contributed by atoms with Gasteiger partial charge in [0.1, 0.15) is 11.9 Å². The number of hydrogen-bond donors (Lipinski definition) is 1. The molecule has 1 aromatic rings. The zero-order chi connectivity index (χ0) is 20.9. The Kier molecular flexibility index (Phi) is 7.11. The van der Waals surface area contributed by atoms with Gasteiger partial charge in [-0.05, 0) is 75.0 Å². The largest absolute Gasteiger partial charge is 0.481 e. The van der Waals surface area contributed by atoms with Crippen LogP contribution in [0.3, 0.4) is 0 Å². The van der Waals surface area contributed by atoms with E-state index in [2.05, 4.69) is 12.2 Å². The maximum atomic E-state index is 14.3. The van der Waals surface area contributed by atoms with Crippen LogP contribution in [0.5, 0.6) is 0 Å². The van der Waals surface area contributed by atoms with Gasteiger partial charge in [-0.2, -0.15) is 5.26 Å². The van der Waals surface area contributed by atoms with Gasteiger partial charge in [-0.15, -0.1) is 0 Å². The molecule has 3 nitrogen and oxygen atoms in total. The van der Waals surface area contributed by atoms with Crippen LogP contribution in [0.1, 0.15) is 88.2 Å². The summed E-state index contributed by atoms with van der Waals surface area (Å²) in [7, 11) is 0. The molecule has 3 rings (SSSR count). The molecule has 29 heavy (non-hydrogen) atoms. The molecule has 0 amide bonds. The third-order valence-corrected chi connectivity index (χ3v) is 7.42. The predicted octanol–water partition coefficient (Wildman–Crippen LogP) is 6.59. The van der Waals surface area contributed by atoms with Gasteiger partial charge in [-0.1, -0.05) is 43.9 Å². The number of carboxylic acid groups (broad SMARTS) is 1. The first kappa shape index (κ1) is 21.6. The number of nitriles is 1. The van der Waals surface area contributed by atoms with Gasteiger partial charge in [-0.25, -0.2) is 4.39 Å². The van der Waals surface area contributed by atoms with E-state index in [0.29, 0.717) is 12.3 Å². The van der Waals surface area contributed by atoms with Crippen LogP contribution in [0.2, 0.25) is 0 Å². The van der Waals surface area contributed by atoms with Crippen LogP contribution in [0.15, 0.2) is 30.4 Å². The van der Waals surface area contributed by atoms with Crippen molar-refractivity contribution in [1.82, 2.24) is 0 Å². The summed E-state index contributed by atoms with van der Waals surface area (Å²) in [6, 6.07) is 6.55. The molecular weight excluding hydrogens is 365 g/mol. The standard InChI is InChI=1S/C25H32FNO2/c1-2-3-4-7-18-9-13-21(14-10-18)25(24(28)29)15-6-5-8-22(25)19-11-12-20(17-27)23(26)16-19/h2-3,11-12,16,18,21-22H,4-10,13-15H2,1H3,(H,28,29)/t18?,21?,22?,25-/m1/s1. The van der Waals surface area contributed by atoms with Gasteiger partial charge >= 0.3 is 5.97 Å². The van der Waals surface area contributed by atoms with Crippen molar-refractivity contribution in [1.29, 1.82) is 5.26 Å². The van der Waals surface area contributed by atoms with Crippen molar-refractivity contribution in [2.75, 3.05) is 0 Å². The molecule has 1 N–H and O–H groups in total. The normalized spacial score (nSPS) is 30.2. The third-order valence-electron chi connectivity index (χ3n) is 7.42. The maximum absolute atomic E-state index is 14.3. The Morgan fingerprint density at radius 2 is 2.03 bits per heavy atom. The van der Waals surface area contributed by atoms with E-state index in [1.165, 1.54) is 18.6 Å². The van der Waals surface area contributed by atoms with Gasteiger partial charge in [0.2, 0.25) is 0 Å². The fourth-order valence-corrected chi connectivity index (χ4v) is 5.88. The molecule has 2 atom stereocenters. The molecule has 0 radical (unpaired) electrons. The first-order valence-corrected chi connectivity index (χ1v) is 11.1. The van der Waals surface area contributed by atoms with Crippen molar-refractivity contribution in [3.63, 3.8) is 0 Å². The highest BCUT2D eigenvalue weighted by Gasteiger charge is 2.53. The van der Waals surface area contributed by atoms with Crippen LogP contribution in [0.25, 0.3) is 0 Å². The summed E-state index contributed by atoms with van der Waals surface area (Å²) in [4.78, 5) is 12.7. The van der Waals surface area contributed by atoms with Crippen LogP contribution < -0.4 is 0 Å². The molecule has 0 saturated heterocycles. The number of nitrogens with zero attached hydrogens (tertiary/aromatic N) is 1. The van der Waals surface area contributed by atoms with E-state index in [9.17, 15) is 14.3 Å². The SMILES string of the molecule is CC=CCCC1CCC([C@]2(C(=O)O)CCCCC2c2ccc(C#N)c(F)c2)CC1. The average Bonchev–Trinajstić information content (AvgIpc) is 2.74. The molecule has 0 aliphatic heterocycles. The molecule has 2 fully saturated rings. The summed E-state index contributed by atoms with van der Waals surface area (Å²) in [5.74, 6) is -0.614. The highest BCUT2D eigenvalue weighted by atomic mass is 19.1. The van der Waals surface area contributed by atoms with Crippen molar-refractivity contribution >= 4 is 5.97 Å². The lowest BCUT2D eigenvalue weighted by atomic mass is 9.54. The van der Waals surface area contributed by atoms with Gasteiger partial charge in [0.25, 0.3) is 0 Å². The molecule has 1 aromatic carbocycles.